The first-order valence-corrected chi connectivity index (χ1v) is 6.14. The number of nitrogens with one attached hydrogen (secondary N) is 1. The largest absolute Gasteiger partial charge is 0.370 e. The summed E-state index contributed by atoms with van der Waals surface area (Å²) in [5.41, 5.74) is 5.00. The maximum absolute atomic E-state index is 10.4. The molecular formula is C9H20N2OS. The van der Waals surface area contributed by atoms with Gasteiger partial charge in [0.25, 0.3) is 0 Å². The molecule has 0 aromatic heterocycles. The van der Waals surface area contributed by atoms with Crippen LogP contribution in [-0.2, 0) is 4.79 Å². The first kappa shape index (κ1) is 12.8. The van der Waals surface area contributed by atoms with Gasteiger partial charge in [-0.25, -0.2) is 0 Å². The third-order valence-electron chi connectivity index (χ3n) is 1.73. The molecule has 0 fully saturated rings. The second kappa shape index (κ2) is 9.86. The second-order valence-corrected chi connectivity index (χ2v) is 4.01. The zero-order chi connectivity index (χ0) is 9.94. The van der Waals surface area contributed by atoms with Crippen molar-refractivity contribution in [3.63, 3.8) is 0 Å². The first-order chi connectivity index (χ1) is 6.27. The van der Waals surface area contributed by atoms with Crippen LogP contribution in [-0.4, -0.2) is 31.0 Å². The Balaban J connectivity index is 2.87. The molecular weight excluding hydrogens is 184 g/mol. The number of hydrogen-bond acceptors (Lipinski definition) is 3. The van der Waals surface area contributed by atoms with E-state index in [1.807, 2.05) is 11.8 Å². The van der Waals surface area contributed by atoms with Crippen molar-refractivity contribution in [1.29, 1.82) is 0 Å². The van der Waals surface area contributed by atoms with Gasteiger partial charge in [0.15, 0.2) is 0 Å². The maximum Gasteiger partial charge on any atom is 0.217 e. The summed E-state index contributed by atoms with van der Waals surface area (Å²) in [5, 5.41) is 3.28. The molecule has 0 unspecified atom stereocenters. The second-order valence-electron chi connectivity index (χ2n) is 3.02. The summed E-state index contributed by atoms with van der Waals surface area (Å²) in [4.78, 5) is 10.4. The number of hydrogen-bond donors (Lipinski definition) is 2. The number of carbonyl (C=O) groups excluding carboxylic acids is 1. The Morgan fingerprint density at radius 3 is 2.62 bits per heavy atom. The Bertz CT molecular complexity index is 131. The van der Waals surface area contributed by atoms with Crippen LogP contribution in [0, 0.1) is 0 Å². The predicted octanol–water partition coefficient (Wildman–Crippen LogP) is 0.985. The molecule has 13 heavy (non-hydrogen) atoms. The third-order valence-corrected chi connectivity index (χ3v) is 2.43. The van der Waals surface area contributed by atoms with Gasteiger partial charge in [-0.3, -0.25) is 4.79 Å². The Labute approximate surface area is 84.8 Å². The van der Waals surface area contributed by atoms with Gasteiger partial charge >= 0.3 is 0 Å². The van der Waals surface area contributed by atoms with E-state index in [4.69, 9.17) is 5.73 Å². The minimum absolute atomic E-state index is 0.204. The van der Waals surface area contributed by atoms with Gasteiger partial charge in [0.1, 0.15) is 0 Å². The topological polar surface area (TPSA) is 55.1 Å². The first-order valence-electron chi connectivity index (χ1n) is 4.75. The van der Waals surface area contributed by atoms with Gasteiger partial charge in [0.05, 0.1) is 0 Å². The number of thioether (sulfide) groups is 1. The molecule has 0 aromatic rings. The van der Waals surface area contributed by atoms with Crippen LogP contribution in [0.25, 0.3) is 0 Å². The SMILES string of the molecule is CSCCCCNCCCC(N)=O. The van der Waals surface area contributed by atoms with Crippen LogP contribution < -0.4 is 11.1 Å². The maximum atomic E-state index is 10.4. The highest BCUT2D eigenvalue weighted by Crippen LogP contribution is 1.97. The molecule has 78 valence electrons. The van der Waals surface area contributed by atoms with Gasteiger partial charge in [0, 0.05) is 6.42 Å². The fraction of sp³-hybridized carbons (Fsp3) is 0.889. The monoisotopic (exact) mass is 204 g/mol. The molecule has 1 amide bonds. The molecule has 4 heteroatoms. The van der Waals surface area contributed by atoms with E-state index in [-0.39, 0.29) is 5.91 Å². The molecule has 0 aliphatic heterocycles. The number of unbranched alkanes of at least 4 members (excludes halogenated alkanes) is 1. The van der Waals surface area contributed by atoms with Crippen LogP contribution in [0.15, 0.2) is 0 Å². The highest BCUT2D eigenvalue weighted by Gasteiger charge is 1.93. The minimum atomic E-state index is -0.204. The Morgan fingerprint density at radius 2 is 2.00 bits per heavy atom. The fourth-order valence-electron chi connectivity index (χ4n) is 1.01. The van der Waals surface area contributed by atoms with Gasteiger partial charge < -0.3 is 11.1 Å². The predicted molar refractivity (Wildman–Crippen MR) is 58.9 cm³/mol. The highest BCUT2D eigenvalue weighted by molar-refractivity contribution is 7.98. The van der Waals surface area contributed by atoms with Crippen molar-refractivity contribution in [3.05, 3.63) is 0 Å². The van der Waals surface area contributed by atoms with E-state index in [1.165, 1.54) is 18.6 Å². The average Bonchev–Trinajstić information content (AvgIpc) is 2.09. The van der Waals surface area contributed by atoms with E-state index in [9.17, 15) is 4.79 Å². The molecule has 0 radical (unpaired) electrons. The smallest absolute Gasteiger partial charge is 0.217 e. The van der Waals surface area contributed by atoms with Crippen molar-refractivity contribution in [2.75, 3.05) is 25.1 Å². The van der Waals surface area contributed by atoms with Gasteiger partial charge in [-0.05, 0) is 44.4 Å². The normalized spacial score (nSPS) is 10.2. The highest BCUT2D eigenvalue weighted by atomic mass is 32.2. The minimum Gasteiger partial charge on any atom is -0.370 e. The standard InChI is InChI=1S/C9H20N2OS/c1-13-8-3-2-6-11-7-4-5-9(10)12/h11H,2-8H2,1H3,(H2,10,12). The Hall–Kier alpha value is -0.220. The van der Waals surface area contributed by atoms with Gasteiger partial charge in [-0.15, -0.1) is 0 Å². The van der Waals surface area contributed by atoms with Crippen LogP contribution in [0.3, 0.4) is 0 Å². The molecule has 0 bridgehead atoms. The summed E-state index contributed by atoms with van der Waals surface area (Å²) in [5.74, 6) is 1.03. The lowest BCUT2D eigenvalue weighted by Crippen LogP contribution is -2.19. The summed E-state index contributed by atoms with van der Waals surface area (Å²) in [6.07, 6.45) is 5.97. The van der Waals surface area contributed by atoms with Crippen LogP contribution in [0.4, 0.5) is 0 Å². The quantitative estimate of drug-likeness (QED) is 0.551. The number of nitrogens with two attached hydrogens (primary N) is 1. The van der Waals surface area contributed by atoms with Crippen molar-refractivity contribution < 1.29 is 4.79 Å². The third kappa shape index (κ3) is 11.8. The van der Waals surface area contributed by atoms with E-state index in [0.717, 1.165) is 19.5 Å². The number of carbonyl (C=O) groups is 1. The van der Waals surface area contributed by atoms with E-state index in [0.29, 0.717) is 6.42 Å². The van der Waals surface area contributed by atoms with Crippen molar-refractivity contribution in [2.24, 2.45) is 5.73 Å². The molecule has 0 aromatic carbocycles. The lowest BCUT2D eigenvalue weighted by Gasteiger charge is -2.02. The number of primary amides is 1. The molecule has 0 rings (SSSR count). The lowest BCUT2D eigenvalue weighted by molar-refractivity contribution is -0.118. The molecule has 0 spiro atoms. The fourth-order valence-corrected chi connectivity index (χ4v) is 1.50. The molecule has 0 aliphatic carbocycles. The van der Waals surface area contributed by atoms with Crippen molar-refractivity contribution in [3.8, 4) is 0 Å². The molecule has 3 nitrogen and oxygen atoms in total. The summed E-state index contributed by atoms with van der Waals surface area (Å²) in [6, 6.07) is 0. The van der Waals surface area contributed by atoms with Crippen molar-refractivity contribution in [2.45, 2.75) is 25.7 Å². The van der Waals surface area contributed by atoms with E-state index < -0.39 is 0 Å². The number of rotatable bonds is 9. The lowest BCUT2D eigenvalue weighted by atomic mass is 10.3. The van der Waals surface area contributed by atoms with Gasteiger partial charge in [-0.1, -0.05) is 0 Å². The molecule has 0 saturated carbocycles. The molecule has 3 N–H and O–H groups in total. The van der Waals surface area contributed by atoms with Crippen LogP contribution in [0.5, 0.6) is 0 Å². The number of amides is 1. The summed E-state index contributed by atoms with van der Waals surface area (Å²) >= 11 is 1.88. The summed E-state index contributed by atoms with van der Waals surface area (Å²) < 4.78 is 0. The Morgan fingerprint density at radius 1 is 1.31 bits per heavy atom. The zero-order valence-electron chi connectivity index (χ0n) is 8.34. The van der Waals surface area contributed by atoms with Crippen molar-refractivity contribution >= 4 is 17.7 Å². The van der Waals surface area contributed by atoms with Crippen molar-refractivity contribution in [1.82, 2.24) is 5.32 Å². The summed E-state index contributed by atoms with van der Waals surface area (Å²) in [6.45, 7) is 1.96. The molecule has 0 aliphatic rings. The molecule has 0 saturated heterocycles. The average molecular weight is 204 g/mol. The summed E-state index contributed by atoms with van der Waals surface area (Å²) in [7, 11) is 0. The zero-order valence-corrected chi connectivity index (χ0v) is 9.16. The Kier molecular flexibility index (Phi) is 9.70. The van der Waals surface area contributed by atoms with Crippen LogP contribution in [0.1, 0.15) is 25.7 Å². The molecule has 0 atom stereocenters. The van der Waals surface area contributed by atoms with Gasteiger partial charge in [-0.2, -0.15) is 11.8 Å². The van der Waals surface area contributed by atoms with Gasteiger partial charge in [0.2, 0.25) is 5.91 Å². The van der Waals surface area contributed by atoms with E-state index >= 15 is 0 Å². The van der Waals surface area contributed by atoms with E-state index in [2.05, 4.69) is 11.6 Å². The van der Waals surface area contributed by atoms with E-state index in [1.54, 1.807) is 0 Å². The van der Waals surface area contributed by atoms with Crippen LogP contribution >= 0.6 is 11.8 Å². The molecule has 0 heterocycles. The van der Waals surface area contributed by atoms with Crippen LogP contribution in [0.2, 0.25) is 0 Å².